The molecule has 9 nitrogen and oxygen atoms in total. The van der Waals surface area contributed by atoms with Gasteiger partial charge >= 0.3 is 0 Å². The molecule has 130 valence electrons. The van der Waals surface area contributed by atoms with Gasteiger partial charge < -0.3 is 44.8 Å². The third-order valence-electron chi connectivity index (χ3n) is 3.91. The quantitative estimate of drug-likeness (QED) is 0.312. The van der Waals surface area contributed by atoms with E-state index in [1.807, 2.05) is 0 Å². The van der Waals surface area contributed by atoms with Crippen molar-refractivity contribution < 1.29 is 49.2 Å². The minimum atomic E-state index is -1.77. The average molecular weight is 328 g/mol. The van der Waals surface area contributed by atoms with E-state index in [1.165, 1.54) is 6.92 Å². The molecule has 2 rings (SSSR count). The zero-order valence-corrected chi connectivity index (χ0v) is 11.8. The molecule has 22 heavy (non-hydrogen) atoms. The van der Waals surface area contributed by atoms with Gasteiger partial charge in [0.1, 0.15) is 49.4 Å². The zero-order valence-electron chi connectivity index (χ0n) is 11.8. The number of alkyl halides is 1. The zero-order chi connectivity index (χ0) is 16.6. The fourth-order valence-electron chi connectivity index (χ4n) is 2.48. The third kappa shape index (κ3) is 3.25. The maximum absolute atomic E-state index is 12.6. The predicted octanol–water partition coefficient (Wildman–Crippen LogP) is -3.39. The molecule has 0 radical (unpaired) electrons. The Balaban J connectivity index is 2.06. The molecular formula is C12H21FO9. The van der Waals surface area contributed by atoms with Gasteiger partial charge in [-0.05, 0) is 6.92 Å². The number of hydrogen-bond donors (Lipinski definition) is 6. The van der Waals surface area contributed by atoms with Crippen LogP contribution in [0.4, 0.5) is 4.39 Å². The average Bonchev–Trinajstić information content (AvgIpc) is 2.49. The molecule has 6 N–H and O–H groups in total. The highest BCUT2D eigenvalue weighted by Crippen LogP contribution is 2.28. The molecule has 0 aromatic heterocycles. The maximum atomic E-state index is 12.6. The second kappa shape index (κ2) is 6.99. The molecule has 0 unspecified atom stereocenters. The molecule has 10 atom stereocenters. The molecular weight excluding hydrogens is 307 g/mol. The molecule has 0 bridgehead atoms. The van der Waals surface area contributed by atoms with Gasteiger partial charge in [-0.25, -0.2) is 4.39 Å². The van der Waals surface area contributed by atoms with E-state index in [2.05, 4.69) is 0 Å². The molecule has 0 saturated carbocycles. The van der Waals surface area contributed by atoms with E-state index in [9.17, 15) is 35.0 Å². The molecule has 2 aliphatic heterocycles. The summed E-state index contributed by atoms with van der Waals surface area (Å²) in [7, 11) is 0. The summed E-state index contributed by atoms with van der Waals surface area (Å²) < 4.78 is 27.7. The van der Waals surface area contributed by atoms with E-state index in [-0.39, 0.29) is 0 Å². The Kier molecular flexibility index (Phi) is 5.69. The molecule has 2 heterocycles. The first-order chi connectivity index (χ1) is 10.3. The summed E-state index contributed by atoms with van der Waals surface area (Å²) >= 11 is 0. The first-order valence-corrected chi connectivity index (χ1v) is 6.88. The lowest BCUT2D eigenvalue weighted by atomic mass is 9.98. The van der Waals surface area contributed by atoms with Crippen molar-refractivity contribution in [2.75, 3.05) is 6.67 Å². The second-order valence-electron chi connectivity index (χ2n) is 5.48. The molecule has 0 spiro atoms. The van der Waals surface area contributed by atoms with Crippen molar-refractivity contribution >= 4 is 0 Å². The number of rotatable bonds is 3. The summed E-state index contributed by atoms with van der Waals surface area (Å²) in [5.74, 6) is 0. The first kappa shape index (κ1) is 17.9. The lowest BCUT2D eigenvalue weighted by molar-refractivity contribution is -0.357. The molecule has 10 heteroatoms. The standard InChI is InChI=1S/C12H21FO9/c1-3-5(14)7(16)9(18)12(20-3)22-10-8(17)6(15)4(2-13)21-11(10)19/h3-12,14-19H,2H2,1H3/t3-,4+,5-,6-,7+,8-,9+,10+,11-,12-/m0/s1. The number of aliphatic hydroxyl groups is 6. The number of aliphatic hydroxyl groups excluding tert-OH is 6. The van der Waals surface area contributed by atoms with Crippen molar-refractivity contribution in [3.05, 3.63) is 0 Å². The highest BCUT2D eigenvalue weighted by atomic mass is 19.1. The summed E-state index contributed by atoms with van der Waals surface area (Å²) in [4.78, 5) is 0. The van der Waals surface area contributed by atoms with Crippen LogP contribution in [0.15, 0.2) is 0 Å². The van der Waals surface area contributed by atoms with Gasteiger partial charge in [-0.2, -0.15) is 0 Å². The van der Waals surface area contributed by atoms with Crippen LogP contribution in [0.25, 0.3) is 0 Å². The minimum absolute atomic E-state index is 0.884. The van der Waals surface area contributed by atoms with Gasteiger partial charge in [0.15, 0.2) is 12.6 Å². The van der Waals surface area contributed by atoms with Gasteiger partial charge in [-0.3, -0.25) is 0 Å². The third-order valence-corrected chi connectivity index (χ3v) is 3.91. The van der Waals surface area contributed by atoms with Crippen LogP contribution in [0.5, 0.6) is 0 Å². The van der Waals surface area contributed by atoms with Crippen LogP contribution in [0, 0.1) is 0 Å². The SMILES string of the molecule is C[C@@H]1O[C@@H](O[C@@H]2[C@@H](O)[C@@H](O)[C@@H](CF)O[C@@H]2O)[C@H](O)[C@H](O)[C@H]1O. The van der Waals surface area contributed by atoms with E-state index in [0.717, 1.165) is 0 Å². The Bertz CT molecular complexity index is 373. The largest absolute Gasteiger partial charge is 0.388 e. The molecule has 2 aliphatic rings. The Morgan fingerprint density at radius 2 is 1.50 bits per heavy atom. The van der Waals surface area contributed by atoms with Gasteiger partial charge in [0.2, 0.25) is 0 Å². The van der Waals surface area contributed by atoms with Crippen molar-refractivity contribution in [1.82, 2.24) is 0 Å². The Hall–Kier alpha value is -0.430. The van der Waals surface area contributed by atoms with Crippen molar-refractivity contribution in [3.8, 4) is 0 Å². The highest BCUT2D eigenvalue weighted by molar-refractivity contribution is 4.92. The fraction of sp³-hybridized carbons (Fsp3) is 1.00. The molecule has 0 aromatic carbocycles. The predicted molar refractivity (Wildman–Crippen MR) is 66.1 cm³/mol. The topological polar surface area (TPSA) is 149 Å². The van der Waals surface area contributed by atoms with E-state index >= 15 is 0 Å². The van der Waals surface area contributed by atoms with Crippen molar-refractivity contribution in [1.29, 1.82) is 0 Å². The normalized spacial score (nSPS) is 53.5. The van der Waals surface area contributed by atoms with Gasteiger partial charge in [0, 0.05) is 0 Å². The van der Waals surface area contributed by atoms with Crippen molar-refractivity contribution in [2.45, 2.75) is 68.3 Å². The van der Waals surface area contributed by atoms with Crippen LogP contribution in [0.3, 0.4) is 0 Å². The minimum Gasteiger partial charge on any atom is -0.388 e. The number of ether oxygens (including phenoxy) is 3. The van der Waals surface area contributed by atoms with Gasteiger partial charge in [0.05, 0.1) is 6.10 Å². The Labute approximate surface area is 125 Å². The monoisotopic (exact) mass is 328 g/mol. The van der Waals surface area contributed by atoms with Gasteiger partial charge in [-0.1, -0.05) is 0 Å². The fourth-order valence-corrected chi connectivity index (χ4v) is 2.48. The lowest BCUT2D eigenvalue weighted by Crippen LogP contribution is -2.63. The molecule has 2 fully saturated rings. The van der Waals surface area contributed by atoms with Gasteiger partial charge in [0.25, 0.3) is 0 Å². The molecule has 0 aromatic rings. The maximum Gasteiger partial charge on any atom is 0.187 e. The summed E-state index contributed by atoms with van der Waals surface area (Å²) in [5.41, 5.74) is 0. The van der Waals surface area contributed by atoms with Crippen LogP contribution < -0.4 is 0 Å². The van der Waals surface area contributed by atoms with Crippen LogP contribution in [0.1, 0.15) is 6.92 Å². The van der Waals surface area contributed by atoms with Gasteiger partial charge in [-0.15, -0.1) is 0 Å². The first-order valence-electron chi connectivity index (χ1n) is 6.88. The summed E-state index contributed by atoms with van der Waals surface area (Å²) in [6.07, 6.45) is -15.0. The summed E-state index contributed by atoms with van der Waals surface area (Å²) in [5, 5.41) is 58.3. The lowest BCUT2D eigenvalue weighted by Gasteiger charge is -2.44. The van der Waals surface area contributed by atoms with E-state index in [4.69, 9.17) is 14.2 Å². The summed E-state index contributed by atoms with van der Waals surface area (Å²) in [6.45, 7) is 0.306. The second-order valence-corrected chi connectivity index (χ2v) is 5.48. The Morgan fingerprint density at radius 3 is 2.09 bits per heavy atom. The van der Waals surface area contributed by atoms with E-state index < -0.39 is 68.1 Å². The smallest absolute Gasteiger partial charge is 0.187 e. The number of hydrogen-bond acceptors (Lipinski definition) is 9. The van der Waals surface area contributed by atoms with Crippen LogP contribution in [0.2, 0.25) is 0 Å². The van der Waals surface area contributed by atoms with Crippen molar-refractivity contribution in [3.63, 3.8) is 0 Å². The van der Waals surface area contributed by atoms with Crippen LogP contribution in [-0.4, -0.2) is 98.7 Å². The molecule has 0 aliphatic carbocycles. The highest BCUT2D eigenvalue weighted by Gasteiger charge is 2.49. The molecule has 2 saturated heterocycles. The van der Waals surface area contributed by atoms with Crippen LogP contribution >= 0.6 is 0 Å². The summed E-state index contributed by atoms with van der Waals surface area (Å²) in [6, 6.07) is 0. The van der Waals surface area contributed by atoms with Crippen LogP contribution in [-0.2, 0) is 14.2 Å². The Morgan fingerprint density at radius 1 is 0.864 bits per heavy atom. The molecule has 0 amide bonds. The number of halogens is 1. The van der Waals surface area contributed by atoms with E-state index in [0.29, 0.717) is 0 Å². The van der Waals surface area contributed by atoms with Crippen molar-refractivity contribution in [2.24, 2.45) is 0 Å². The van der Waals surface area contributed by atoms with E-state index in [1.54, 1.807) is 0 Å².